The van der Waals surface area contributed by atoms with Crippen LogP contribution in [-0.4, -0.2) is 60.3 Å². The molecule has 0 saturated carbocycles. The average molecular weight is 296 g/mol. The number of carboxylic acids is 1. The number of methoxy groups -OCH3 is 1. The molecule has 1 amide bonds. The molecule has 0 aromatic carbocycles. The maximum atomic E-state index is 12.3. The van der Waals surface area contributed by atoms with E-state index in [1.54, 1.807) is 26.2 Å². The smallest absolute Gasteiger partial charge is 0.305 e. The normalized spacial score (nSPS) is 10.2. The third-order valence-corrected chi connectivity index (χ3v) is 2.78. The van der Waals surface area contributed by atoms with E-state index in [0.717, 1.165) is 0 Å². The molecule has 0 aliphatic rings. The number of rotatable bonds is 9. The van der Waals surface area contributed by atoms with Crippen LogP contribution in [0.15, 0.2) is 18.3 Å². The highest BCUT2D eigenvalue weighted by molar-refractivity contribution is 5.94. The predicted molar refractivity (Wildman–Crippen MR) is 75.4 cm³/mol. The minimum Gasteiger partial charge on any atom is -0.481 e. The molecule has 0 saturated heterocycles. The third-order valence-electron chi connectivity index (χ3n) is 2.78. The van der Waals surface area contributed by atoms with Crippen molar-refractivity contribution in [1.82, 2.24) is 9.88 Å². The number of carboxylic acid groups (broad SMARTS) is 1. The number of nitrogens with zero attached hydrogens (tertiary/aromatic N) is 2. The Labute approximate surface area is 123 Å². The Morgan fingerprint density at radius 2 is 2.14 bits per heavy atom. The molecule has 116 valence electrons. The Morgan fingerprint density at radius 1 is 1.38 bits per heavy atom. The van der Waals surface area contributed by atoms with E-state index >= 15 is 0 Å². The van der Waals surface area contributed by atoms with Crippen molar-refractivity contribution in [2.75, 3.05) is 33.4 Å². The minimum atomic E-state index is -0.931. The molecule has 0 spiro atoms. The first-order valence-electron chi connectivity index (χ1n) is 6.67. The lowest BCUT2D eigenvalue weighted by atomic mass is 10.2. The summed E-state index contributed by atoms with van der Waals surface area (Å²) < 4.78 is 10.2. The van der Waals surface area contributed by atoms with Crippen LogP contribution in [0, 0.1) is 0 Å². The summed E-state index contributed by atoms with van der Waals surface area (Å²) in [5, 5.41) is 8.70. The van der Waals surface area contributed by atoms with Crippen LogP contribution in [0.2, 0.25) is 0 Å². The van der Waals surface area contributed by atoms with E-state index < -0.39 is 5.97 Å². The fourth-order valence-corrected chi connectivity index (χ4v) is 1.67. The van der Waals surface area contributed by atoms with Gasteiger partial charge in [0.25, 0.3) is 5.91 Å². The van der Waals surface area contributed by atoms with Gasteiger partial charge >= 0.3 is 5.97 Å². The van der Waals surface area contributed by atoms with Gasteiger partial charge in [-0.05, 0) is 13.0 Å². The standard InChI is InChI=1S/C14H20N2O5/c1-3-16(7-5-13(17)18)14(19)11-4-6-15-12(10-11)21-9-8-20-2/h4,6,10H,3,5,7-9H2,1-2H3,(H,17,18). The van der Waals surface area contributed by atoms with E-state index in [-0.39, 0.29) is 18.9 Å². The molecule has 0 aliphatic heterocycles. The van der Waals surface area contributed by atoms with Crippen molar-refractivity contribution in [2.24, 2.45) is 0 Å². The quantitative estimate of drug-likeness (QED) is 0.685. The molecule has 1 aromatic heterocycles. The van der Waals surface area contributed by atoms with Gasteiger partial charge in [0.05, 0.1) is 13.0 Å². The molecule has 0 aliphatic carbocycles. The number of ether oxygens (including phenoxy) is 2. The van der Waals surface area contributed by atoms with Crippen molar-refractivity contribution in [3.05, 3.63) is 23.9 Å². The van der Waals surface area contributed by atoms with E-state index in [0.29, 0.717) is 31.2 Å². The Hall–Kier alpha value is -2.15. The van der Waals surface area contributed by atoms with E-state index in [4.69, 9.17) is 14.6 Å². The molecule has 0 fully saturated rings. The van der Waals surface area contributed by atoms with Gasteiger partial charge in [0.15, 0.2) is 0 Å². The Kier molecular flexibility index (Phi) is 7.17. The van der Waals surface area contributed by atoms with Gasteiger partial charge in [0.2, 0.25) is 5.88 Å². The molecule has 1 heterocycles. The van der Waals surface area contributed by atoms with Gasteiger partial charge in [0, 0.05) is 38.0 Å². The molecule has 0 atom stereocenters. The van der Waals surface area contributed by atoms with Crippen molar-refractivity contribution in [3.8, 4) is 5.88 Å². The highest BCUT2D eigenvalue weighted by Crippen LogP contribution is 2.12. The van der Waals surface area contributed by atoms with Crippen molar-refractivity contribution >= 4 is 11.9 Å². The van der Waals surface area contributed by atoms with Crippen LogP contribution < -0.4 is 4.74 Å². The molecule has 7 nitrogen and oxygen atoms in total. The number of pyridine rings is 1. The fraction of sp³-hybridized carbons (Fsp3) is 0.500. The summed E-state index contributed by atoms with van der Waals surface area (Å²) in [5.74, 6) is -0.829. The van der Waals surface area contributed by atoms with Crippen LogP contribution in [0.5, 0.6) is 5.88 Å². The van der Waals surface area contributed by atoms with Crippen molar-refractivity contribution in [3.63, 3.8) is 0 Å². The average Bonchev–Trinajstić information content (AvgIpc) is 2.48. The van der Waals surface area contributed by atoms with E-state index in [1.807, 2.05) is 0 Å². The van der Waals surface area contributed by atoms with Gasteiger partial charge in [-0.2, -0.15) is 0 Å². The zero-order valence-corrected chi connectivity index (χ0v) is 12.2. The summed E-state index contributed by atoms with van der Waals surface area (Å²) in [5.41, 5.74) is 0.421. The Morgan fingerprint density at radius 3 is 2.76 bits per heavy atom. The molecule has 7 heteroatoms. The molecule has 0 radical (unpaired) electrons. The lowest BCUT2D eigenvalue weighted by Gasteiger charge is -2.20. The summed E-state index contributed by atoms with van der Waals surface area (Å²) >= 11 is 0. The second-order valence-electron chi connectivity index (χ2n) is 4.25. The van der Waals surface area contributed by atoms with Crippen LogP contribution in [0.1, 0.15) is 23.7 Å². The number of carbonyl (C=O) groups is 2. The number of aliphatic carboxylic acids is 1. The predicted octanol–water partition coefficient (Wildman–Crippen LogP) is 1.04. The first kappa shape index (κ1) is 16.9. The van der Waals surface area contributed by atoms with E-state index in [9.17, 15) is 9.59 Å². The second-order valence-corrected chi connectivity index (χ2v) is 4.25. The van der Waals surface area contributed by atoms with Crippen LogP contribution in [0.4, 0.5) is 0 Å². The lowest BCUT2D eigenvalue weighted by Crippen LogP contribution is -2.32. The van der Waals surface area contributed by atoms with E-state index in [2.05, 4.69) is 4.98 Å². The number of aromatic nitrogens is 1. The summed E-state index contributed by atoms with van der Waals surface area (Å²) in [7, 11) is 1.57. The lowest BCUT2D eigenvalue weighted by molar-refractivity contribution is -0.137. The first-order chi connectivity index (χ1) is 10.1. The number of carbonyl (C=O) groups excluding carboxylic acids is 1. The fourth-order valence-electron chi connectivity index (χ4n) is 1.67. The van der Waals surface area contributed by atoms with E-state index in [1.165, 1.54) is 11.1 Å². The Bertz CT molecular complexity index is 478. The zero-order chi connectivity index (χ0) is 15.7. The number of hydrogen-bond acceptors (Lipinski definition) is 5. The largest absolute Gasteiger partial charge is 0.481 e. The van der Waals surface area contributed by atoms with Crippen molar-refractivity contribution in [1.29, 1.82) is 0 Å². The second kappa shape index (κ2) is 8.91. The first-order valence-corrected chi connectivity index (χ1v) is 6.67. The van der Waals surface area contributed by atoms with Crippen LogP contribution in [-0.2, 0) is 9.53 Å². The van der Waals surface area contributed by atoms with Gasteiger partial charge in [-0.3, -0.25) is 9.59 Å². The maximum Gasteiger partial charge on any atom is 0.305 e. The van der Waals surface area contributed by atoms with Gasteiger partial charge in [-0.1, -0.05) is 0 Å². The Balaban J connectivity index is 2.71. The van der Waals surface area contributed by atoms with Crippen molar-refractivity contribution in [2.45, 2.75) is 13.3 Å². The zero-order valence-electron chi connectivity index (χ0n) is 12.2. The molecular weight excluding hydrogens is 276 g/mol. The summed E-state index contributed by atoms with van der Waals surface area (Å²) in [6, 6.07) is 3.12. The minimum absolute atomic E-state index is 0.0815. The monoisotopic (exact) mass is 296 g/mol. The molecule has 1 aromatic rings. The molecule has 0 unspecified atom stereocenters. The summed E-state index contributed by atoms with van der Waals surface area (Å²) in [6.45, 7) is 3.19. The third kappa shape index (κ3) is 5.78. The molecular formula is C14H20N2O5. The van der Waals surface area contributed by atoms with Crippen LogP contribution in [0.25, 0.3) is 0 Å². The van der Waals surface area contributed by atoms with Gasteiger partial charge < -0.3 is 19.5 Å². The van der Waals surface area contributed by atoms with Crippen molar-refractivity contribution < 1.29 is 24.2 Å². The summed E-state index contributed by atoms with van der Waals surface area (Å²) in [4.78, 5) is 28.4. The van der Waals surface area contributed by atoms with Crippen LogP contribution >= 0.6 is 0 Å². The maximum absolute atomic E-state index is 12.3. The van der Waals surface area contributed by atoms with Gasteiger partial charge in [0.1, 0.15) is 6.61 Å². The molecule has 21 heavy (non-hydrogen) atoms. The summed E-state index contributed by atoms with van der Waals surface area (Å²) in [6.07, 6.45) is 1.41. The molecule has 1 N–H and O–H groups in total. The number of amides is 1. The molecule has 1 rings (SSSR count). The van der Waals surface area contributed by atoms with Gasteiger partial charge in [-0.15, -0.1) is 0 Å². The number of hydrogen-bond donors (Lipinski definition) is 1. The highest BCUT2D eigenvalue weighted by Gasteiger charge is 2.16. The SMILES string of the molecule is CCN(CCC(=O)O)C(=O)c1ccnc(OCCOC)c1. The van der Waals surface area contributed by atoms with Crippen LogP contribution in [0.3, 0.4) is 0 Å². The molecule has 0 bridgehead atoms. The topological polar surface area (TPSA) is 89.0 Å². The highest BCUT2D eigenvalue weighted by atomic mass is 16.5. The van der Waals surface area contributed by atoms with Gasteiger partial charge in [-0.25, -0.2) is 4.98 Å².